The zero-order valence-corrected chi connectivity index (χ0v) is 11.3. The van der Waals surface area contributed by atoms with E-state index < -0.39 is 0 Å². The second-order valence-electron chi connectivity index (χ2n) is 4.91. The molecule has 1 aromatic heterocycles. The van der Waals surface area contributed by atoms with Gasteiger partial charge in [-0.2, -0.15) is 0 Å². The maximum Gasteiger partial charge on any atom is 0.274 e. The molecule has 0 spiro atoms. The highest BCUT2D eigenvalue weighted by Gasteiger charge is 2.11. The second-order valence-corrected chi connectivity index (χ2v) is 4.91. The Morgan fingerprint density at radius 1 is 1.33 bits per heavy atom. The number of rotatable bonds is 3. The van der Waals surface area contributed by atoms with Crippen molar-refractivity contribution in [2.24, 2.45) is 7.05 Å². The standard InChI is InChI=1S/C14H19N3O/c1-10-13(14(18)17(4)15-10)12-7-5-6-11(8-12)9-16(2)3/h5-8,15H,9H2,1-4H3. The summed E-state index contributed by atoms with van der Waals surface area (Å²) < 4.78 is 1.52. The van der Waals surface area contributed by atoms with E-state index in [-0.39, 0.29) is 5.56 Å². The summed E-state index contributed by atoms with van der Waals surface area (Å²) in [6.07, 6.45) is 0. The van der Waals surface area contributed by atoms with Crippen LogP contribution in [0.5, 0.6) is 0 Å². The molecule has 0 aliphatic carbocycles. The summed E-state index contributed by atoms with van der Waals surface area (Å²) in [4.78, 5) is 14.2. The molecule has 2 aromatic rings. The van der Waals surface area contributed by atoms with Crippen LogP contribution in [-0.4, -0.2) is 28.8 Å². The lowest BCUT2D eigenvalue weighted by molar-refractivity contribution is 0.402. The number of aromatic nitrogens is 2. The molecule has 2 rings (SSSR count). The van der Waals surface area contributed by atoms with Gasteiger partial charge in [0.2, 0.25) is 0 Å². The molecule has 0 saturated carbocycles. The predicted octanol–water partition coefficient (Wildman–Crippen LogP) is 1.75. The first kappa shape index (κ1) is 12.6. The predicted molar refractivity (Wildman–Crippen MR) is 73.6 cm³/mol. The minimum atomic E-state index is 0.0227. The first-order valence-electron chi connectivity index (χ1n) is 5.98. The van der Waals surface area contributed by atoms with E-state index in [9.17, 15) is 4.79 Å². The van der Waals surface area contributed by atoms with Gasteiger partial charge in [0, 0.05) is 19.3 Å². The molecular weight excluding hydrogens is 226 g/mol. The van der Waals surface area contributed by atoms with Crippen molar-refractivity contribution in [2.75, 3.05) is 14.1 Å². The largest absolute Gasteiger partial charge is 0.305 e. The van der Waals surface area contributed by atoms with Crippen LogP contribution in [0.25, 0.3) is 11.1 Å². The third kappa shape index (κ3) is 2.38. The Balaban J connectivity index is 2.48. The van der Waals surface area contributed by atoms with Crippen LogP contribution in [0, 0.1) is 6.92 Å². The van der Waals surface area contributed by atoms with Gasteiger partial charge in [0.25, 0.3) is 5.56 Å². The van der Waals surface area contributed by atoms with Gasteiger partial charge in [0.1, 0.15) is 0 Å². The Morgan fingerprint density at radius 3 is 2.61 bits per heavy atom. The van der Waals surface area contributed by atoms with Crippen LogP contribution in [0.3, 0.4) is 0 Å². The van der Waals surface area contributed by atoms with Gasteiger partial charge >= 0.3 is 0 Å². The molecule has 1 aromatic carbocycles. The van der Waals surface area contributed by atoms with Gasteiger partial charge in [-0.1, -0.05) is 18.2 Å². The summed E-state index contributed by atoms with van der Waals surface area (Å²) in [7, 11) is 5.81. The molecule has 0 amide bonds. The van der Waals surface area contributed by atoms with Crippen LogP contribution in [0.2, 0.25) is 0 Å². The highest BCUT2D eigenvalue weighted by Crippen LogP contribution is 2.20. The van der Waals surface area contributed by atoms with Gasteiger partial charge in [-0.05, 0) is 38.2 Å². The van der Waals surface area contributed by atoms with E-state index in [1.807, 2.05) is 33.2 Å². The molecule has 0 aliphatic heterocycles. The topological polar surface area (TPSA) is 41.0 Å². The Bertz CT molecular complexity index is 608. The van der Waals surface area contributed by atoms with Crippen LogP contribution in [0.4, 0.5) is 0 Å². The Hall–Kier alpha value is -1.81. The molecule has 0 unspecified atom stereocenters. The maximum atomic E-state index is 12.0. The molecule has 1 heterocycles. The van der Waals surface area contributed by atoms with Crippen molar-refractivity contribution >= 4 is 0 Å². The van der Waals surface area contributed by atoms with Crippen LogP contribution in [-0.2, 0) is 13.6 Å². The van der Waals surface area contributed by atoms with E-state index >= 15 is 0 Å². The van der Waals surface area contributed by atoms with E-state index in [2.05, 4.69) is 22.1 Å². The summed E-state index contributed by atoms with van der Waals surface area (Å²) in [5.41, 5.74) is 3.88. The molecule has 0 radical (unpaired) electrons. The first-order chi connectivity index (χ1) is 8.49. The lowest BCUT2D eigenvalue weighted by atomic mass is 10.0. The fraction of sp³-hybridized carbons (Fsp3) is 0.357. The third-order valence-corrected chi connectivity index (χ3v) is 2.94. The molecule has 4 nitrogen and oxygen atoms in total. The normalized spacial score (nSPS) is 11.2. The summed E-state index contributed by atoms with van der Waals surface area (Å²) in [6, 6.07) is 8.14. The average Bonchev–Trinajstić information content (AvgIpc) is 2.52. The van der Waals surface area contributed by atoms with Crippen molar-refractivity contribution in [3.05, 3.63) is 45.9 Å². The number of nitrogens with one attached hydrogen (secondary N) is 1. The fourth-order valence-electron chi connectivity index (χ4n) is 2.22. The lowest BCUT2D eigenvalue weighted by Crippen LogP contribution is -2.13. The number of aromatic amines is 1. The zero-order valence-electron chi connectivity index (χ0n) is 11.3. The number of hydrogen-bond donors (Lipinski definition) is 1. The van der Waals surface area contributed by atoms with Crippen LogP contribution in [0.1, 0.15) is 11.3 Å². The van der Waals surface area contributed by atoms with Crippen molar-refractivity contribution in [3.63, 3.8) is 0 Å². The molecule has 0 bridgehead atoms. The number of benzene rings is 1. The van der Waals surface area contributed by atoms with Gasteiger partial charge in [-0.25, -0.2) is 0 Å². The van der Waals surface area contributed by atoms with Crippen molar-refractivity contribution < 1.29 is 0 Å². The molecule has 0 aliphatic rings. The fourth-order valence-corrected chi connectivity index (χ4v) is 2.22. The minimum absolute atomic E-state index is 0.0227. The third-order valence-electron chi connectivity index (χ3n) is 2.94. The molecule has 0 saturated heterocycles. The van der Waals surface area contributed by atoms with Crippen molar-refractivity contribution in [1.29, 1.82) is 0 Å². The molecular formula is C14H19N3O. The number of hydrogen-bond acceptors (Lipinski definition) is 2. The van der Waals surface area contributed by atoms with E-state index in [1.54, 1.807) is 7.05 Å². The number of nitrogens with zero attached hydrogens (tertiary/aromatic N) is 2. The average molecular weight is 245 g/mol. The van der Waals surface area contributed by atoms with Crippen LogP contribution >= 0.6 is 0 Å². The highest BCUT2D eigenvalue weighted by molar-refractivity contribution is 5.65. The molecule has 96 valence electrons. The van der Waals surface area contributed by atoms with Gasteiger partial charge < -0.3 is 4.90 Å². The molecule has 18 heavy (non-hydrogen) atoms. The van der Waals surface area contributed by atoms with Crippen LogP contribution in [0.15, 0.2) is 29.1 Å². The van der Waals surface area contributed by atoms with Gasteiger partial charge in [-0.3, -0.25) is 14.6 Å². The highest BCUT2D eigenvalue weighted by atomic mass is 16.1. The summed E-state index contributed by atoms with van der Waals surface area (Å²) >= 11 is 0. The van der Waals surface area contributed by atoms with Crippen molar-refractivity contribution in [2.45, 2.75) is 13.5 Å². The second kappa shape index (κ2) is 4.82. The summed E-state index contributed by atoms with van der Waals surface area (Å²) in [5.74, 6) is 0. The molecule has 0 atom stereocenters. The Morgan fingerprint density at radius 2 is 2.06 bits per heavy atom. The zero-order chi connectivity index (χ0) is 13.3. The lowest BCUT2D eigenvalue weighted by Gasteiger charge is -2.10. The molecule has 1 N–H and O–H groups in total. The van der Waals surface area contributed by atoms with E-state index in [1.165, 1.54) is 10.2 Å². The van der Waals surface area contributed by atoms with E-state index in [4.69, 9.17) is 0 Å². The quantitative estimate of drug-likeness (QED) is 0.895. The molecule has 4 heteroatoms. The van der Waals surface area contributed by atoms with E-state index in [0.29, 0.717) is 0 Å². The molecule has 0 fully saturated rings. The van der Waals surface area contributed by atoms with Crippen molar-refractivity contribution in [1.82, 2.24) is 14.7 Å². The monoisotopic (exact) mass is 245 g/mol. The Labute approximate surface area is 107 Å². The first-order valence-corrected chi connectivity index (χ1v) is 5.98. The summed E-state index contributed by atoms with van der Waals surface area (Å²) in [6.45, 7) is 2.80. The minimum Gasteiger partial charge on any atom is -0.305 e. The van der Waals surface area contributed by atoms with Gasteiger partial charge in [-0.15, -0.1) is 0 Å². The van der Waals surface area contributed by atoms with E-state index in [0.717, 1.165) is 23.4 Å². The smallest absolute Gasteiger partial charge is 0.274 e. The SMILES string of the molecule is Cc1[nH]n(C)c(=O)c1-c1cccc(CN(C)C)c1. The van der Waals surface area contributed by atoms with Crippen molar-refractivity contribution in [3.8, 4) is 11.1 Å². The van der Waals surface area contributed by atoms with Crippen LogP contribution < -0.4 is 5.56 Å². The summed E-state index contributed by atoms with van der Waals surface area (Å²) in [5, 5.41) is 3.03. The number of aryl methyl sites for hydroxylation is 2. The Kier molecular flexibility index (Phi) is 3.39. The number of H-pyrrole nitrogens is 1. The maximum absolute atomic E-state index is 12.0. The van der Waals surface area contributed by atoms with Gasteiger partial charge in [0.15, 0.2) is 0 Å². The van der Waals surface area contributed by atoms with Gasteiger partial charge in [0.05, 0.1) is 5.56 Å².